The zero-order valence-corrected chi connectivity index (χ0v) is 16.0. The van der Waals surface area contributed by atoms with Gasteiger partial charge in [0.1, 0.15) is 18.1 Å². The van der Waals surface area contributed by atoms with Crippen LogP contribution in [0.15, 0.2) is 45.7 Å². The van der Waals surface area contributed by atoms with Gasteiger partial charge in [-0.1, -0.05) is 0 Å². The molecule has 2 aromatic rings. The van der Waals surface area contributed by atoms with Crippen molar-refractivity contribution in [3.05, 3.63) is 52.6 Å². The van der Waals surface area contributed by atoms with E-state index in [1.165, 1.54) is 6.08 Å². The topological polar surface area (TPSA) is 101 Å². The molecule has 28 heavy (non-hydrogen) atoms. The van der Waals surface area contributed by atoms with Crippen molar-refractivity contribution >= 4 is 35.0 Å². The van der Waals surface area contributed by atoms with Crippen LogP contribution in [0, 0.1) is 11.3 Å². The average Bonchev–Trinajstić information content (AvgIpc) is 3.22. The van der Waals surface area contributed by atoms with Gasteiger partial charge in [0.15, 0.2) is 0 Å². The van der Waals surface area contributed by atoms with Gasteiger partial charge in [0, 0.05) is 11.6 Å². The number of ether oxygens (including phenoxy) is 1. The van der Waals surface area contributed by atoms with Gasteiger partial charge in [0.2, 0.25) is 0 Å². The standard InChI is InChI=1S/C20H16N2O5S/c1-12(2)26-18(23)11-22-19(24)17(28-20(22)25)9-15-7-8-16(27-15)14-5-3-13(10-21)4-6-14/h3-9,12H,11H2,1-2H3/b17-9+. The number of thioether (sulfide) groups is 1. The van der Waals surface area contributed by atoms with Crippen LogP contribution in [0.5, 0.6) is 0 Å². The number of nitrogens with zero attached hydrogens (tertiary/aromatic N) is 2. The molecule has 2 amide bonds. The Bertz CT molecular complexity index is 998. The molecule has 2 heterocycles. The maximum Gasteiger partial charge on any atom is 0.326 e. The molecule has 7 nitrogen and oxygen atoms in total. The highest BCUT2D eigenvalue weighted by atomic mass is 32.2. The second kappa shape index (κ2) is 8.15. The molecule has 1 aromatic carbocycles. The summed E-state index contributed by atoms with van der Waals surface area (Å²) >= 11 is 0.742. The number of hydrogen-bond acceptors (Lipinski definition) is 7. The number of carbonyl (C=O) groups is 3. The Morgan fingerprint density at radius 1 is 1.25 bits per heavy atom. The first-order chi connectivity index (χ1) is 13.4. The van der Waals surface area contributed by atoms with E-state index >= 15 is 0 Å². The van der Waals surface area contributed by atoms with E-state index in [1.807, 2.05) is 6.07 Å². The molecule has 1 aliphatic rings. The van der Waals surface area contributed by atoms with Crippen LogP contribution in [-0.4, -0.2) is 34.7 Å². The Balaban J connectivity index is 1.74. The van der Waals surface area contributed by atoms with Crippen LogP contribution >= 0.6 is 11.8 Å². The minimum atomic E-state index is -0.639. The van der Waals surface area contributed by atoms with Gasteiger partial charge in [0.05, 0.1) is 22.6 Å². The van der Waals surface area contributed by atoms with Gasteiger partial charge in [-0.25, -0.2) is 0 Å². The number of carbonyl (C=O) groups excluding carboxylic acids is 3. The third-order valence-electron chi connectivity index (χ3n) is 3.73. The fraction of sp³-hybridized carbons (Fsp3) is 0.200. The lowest BCUT2D eigenvalue weighted by molar-refractivity contribution is -0.149. The van der Waals surface area contributed by atoms with Gasteiger partial charge < -0.3 is 9.15 Å². The Hall–Kier alpha value is -3.31. The zero-order chi connectivity index (χ0) is 20.3. The average molecular weight is 396 g/mol. The van der Waals surface area contributed by atoms with E-state index in [9.17, 15) is 14.4 Å². The lowest BCUT2D eigenvalue weighted by Gasteiger charge is -2.13. The van der Waals surface area contributed by atoms with Crippen molar-refractivity contribution in [3.63, 3.8) is 0 Å². The van der Waals surface area contributed by atoms with E-state index in [4.69, 9.17) is 14.4 Å². The molecule has 0 spiro atoms. The molecule has 0 aliphatic carbocycles. The molecule has 1 saturated heterocycles. The number of esters is 1. The number of hydrogen-bond donors (Lipinski definition) is 0. The summed E-state index contributed by atoms with van der Waals surface area (Å²) in [4.78, 5) is 37.2. The van der Waals surface area contributed by atoms with E-state index in [0.29, 0.717) is 17.1 Å². The number of furan rings is 1. The van der Waals surface area contributed by atoms with Gasteiger partial charge >= 0.3 is 5.97 Å². The van der Waals surface area contributed by atoms with Gasteiger partial charge in [0.25, 0.3) is 11.1 Å². The quantitative estimate of drug-likeness (QED) is 0.559. The predicted molar refractivity (Wildman–Crippen MR) is 103 cm³/mol. The SMILES string of the molecule is CC(C)OC(=O)CN1C(=O)S/C(=C/c2ccc(-c3ccc(C#N)cc3)o2)C1=O. The molecule has 0 saturated carbocycles. The summed E-state index contributed by atoms with van der Waals surface area (Å²) in [7, 11) is 0. The monoisotopic (exact) mass is 396 g/mol. The van der Waals surface area contributed by atoms with Gasteiger partial charge in [-0.15, -0.1) is 0 Å². The first kappa shape index (κ1) is 19.5. The Morgan fingerprint density at radius 3 is 2.61 bits per heavy atom. The van der Waals surface area contributed by atoms with Crippen molar-refractivity contribution in [2.24, 2.45) is 0 Å². The van der Waals surface area contributed by atoms with Gasteiger partial charge in [-0.2, -0.15) is 5.26 Å². The van der Waals surface area contributed by atoms with Crippen molar-refractivity contribution in [1.29, 1.82) is 5.26 Å². The van der Waals surface area contributed by atoms with E-state index < -0.39 is 23.7 Å². The van der Waals surface area contributed by atoms with Crippen molar-refractivity contribution in [2.75, 3.05) is 6.54 Å². The molecule has 0 atom stereocenters. The highest BCUT2D eigenvalue weighted by Crippen LogP contribution is 2.33. The minimum Gasteiger partial charge on any atom is -0.462 e. The summed E-state index contributed by atoms with van der Waals surface area (Å²) < 4.78 is 10.7. The number of benzene rings is 1. The highest BCUT2D eigenvalue weighted by Gasteiger charge is 2.37. The third-order valence-corrected chi connectivity index (χ3v) is 4.63. The minimum absolute atomic E-state index is 0.170. The van der Waals surface area contributed by atoms with Crippen molar-refractivity contribution < 1.29 is 23.5 Å². The van der Waals surface area contributed by atoms with E-state index in [2.05, 4.69) is 0 Å². The molecule has 0 bridgehead atoms. The summed E-state index contributed by atoms with van der Waals surface area (Å²) in [6, 6.07) is 12.3. The fourth-order valence-corrected chi connectivity index (χ4v) is 3.31. The summed E-state index contributed by atoms with van der Waals surface area (Å²) in [6.07, 6.45) is 1.14. The van der Waals surface area contributed by atoms with Crippen LogP contribution in [0.2, 0.25) is 0 Å². The van der Waals surface area contributed by atoms with Crippen LogP contribution in [0.4, 0.5) is 4.79 Å². The summed E-state index contributed by atoms with van der Waals surface area (Å²) in [5.74, 6) is -0.239. The Labute approximate surface area is 165 Å². The molecular formula is C20H16N2O5S. The van der Waals surface area contributed by atoms with Crippen molar-refractivity contribution in [3.8, 4) is 17.4 Å². The molecule has 0 unspecified atom stereocenters. The Morgan fingerprint density at radius 2 is 1.96 bits per heavy atom. The fourth-order valence-electron chi connectivity index (χ4n) is 2.49. The van der Waals surface area contributed by atoms with Gasteiger partial charge in [-0.3, -0.25) is 19.3 Å². The molecule has 1 fully saturated rings. The maximum atomic E-state index is 12.4. The smallest absolute Gasteiger partial charge is 0.326 e. The van der Waals surface area contributed by atoms with Crippen LogP contribution in [0.3, 0.4) is 0 Å². The summed E-state index contributed by atoms with van der Waals surface area (Å²) in [6.45, 7) is 2.96. The van der Waals surface area contributed by atoms with Crippen LogP contribution in [-0.2, 0) is 14.3 Å². The van der Waals surface area contributed by atoms with Crippen molar-refractivity contribution in [1.82, 2.24) is 4.90 Å². The number of amides is 2. The molecule has 3 rings (SSSR count). The molecule has 1 aliphatic heterocycles. The van der Waals surface area contributed by atoms with E-state index in [0.717, 1.165) is 22.2 Å². The first-order valence-electron chi connectivity index (χ1n) is 8.42. The number of imide groups is 1. The zero-order valence-electron chi connectivity index (χ0n) is 15.2. The molecule has 1 aromatic heterocycles. The lowest BCUT2D eigenvalue weighted by atomic mass is 10.1. The van der Waals surface area contributed by atoms with Crippen molar-refractivity contribution in [2.45, 2.75) is 20.0 Å². The lowest BCUT2D eigenvalue weighted by Crippen LogP contribution is -2.35. The first-order valence-corrected chi connectivity index (χ1v) is 9.24. The molecule has 8 heteroatoms. The molecule has 142 valence electrons. The second-order valence-electron chi connectivity index (χ2n) is 6.20. The molecular weight excluding hydrogens is 380 g/mol. The van der Waals surface area contributed by atoms with E-state index in [-0.39, 0.29) is 11.0 Å². The molecule has 0 radical (unpaired) electrons. The molecule has 0 N–H and O–H groups in total. The van der Waals surface area contributed by atoms with Crippen LogP contribution < -0.4 is 0 Å². The summed E-state index contributed by atoms with van der Waals surface area (Å²) in [5.41, 5.74) is 1.32. The number of rotatable bonds is 5. The normalized spacial score (nSPS) is 15.4. The third kappa shape index (κ3) is 4.32. The maximum absolute atomic E-state index is 12.4. The highest BCUT2D eigenvalue weighted by molar-refractivity contribution is 8.18. The van der Waals surface area contributed by atoms with Crippen LogP contribution in [0.25, 0.3) is 17.4 Å². The Kier molecular flexibility index (Phi) is 5.66. The van der Waals surface area contributed by atoms with Crippen LogP contribution in [0.1, 0.15) is 25.2 Å². The van der Waals surface area contributed by atoms with E-state index in [1.54, 1.807) is 50.2 Å². The second-order valence-corrected chi connectivity index (χ2v) is 7.19. The predicted octanol–water partition coefficient (Wildman–Crippen LogP) is 3.81. The van der Waals surface area contributed by atoms with Gasteiger partial charge in [-0.05, 0) is 62.0 Å². The largest absolute Gasteiger partial charge is 0.462 e. The number of nitriles is 1. The summed E-state index contributed by atoms with van der Waals surface area (Å²) in [5, 5.41) is 8.32.